The molecule has 0 aromatic heterocycles. The van der Waals surface area contributed by atoms with Crippen LogP contribution in [-0.2, 0) is 10.0 Å². The summed E-state index contributed by atoms with van der Waals surface area (Å²) in [6.07, 6.45) is 3.69. The molecule has 0 unspecified atom stereocenters. The summed E-state index contributed by atoms with van der Waals surface area (Å²) in [5.41, 5.74) is -0.576. The zero-order chi connectivity index (χ0) is 16.1. The van der Waals surface area contributed by atoms with E-state index in [0.29, 0.717) is 5.56 Å². The summed E-state index contributed by atoms with van der Waals surface area (Å²) in [5, 5.41) is 10.6. The monoisotopic (exact) mass is 309 g/mol. The van der Waals surface area contributed by atoms with E-state index in [9.17, 15) is 13.5 Å². The van der Waals surface area contributed by atoms with Crippen LogP contribution in [0.4, 0.5) is 0 Å². The Morgan fingerprint density at radius 2 is 1.81 bits per heavy atom. The smallest absolute Gasteiger partial charge is 0.241 e. The molecule has 0 saturated heterocycles. The molecule has 0 bridgehead atoms. The van der Waals surface area contributed by atoms with Crippen LogP contribution in [0.25, 0.3) is 0 Å². The summed E-state index contributed by atoms with van der Waals surface area (Å²) in [7, 11) is -3.69. The molecule has 116 valence electrons. The minimum Gasteiger partial charge on any atom is -0.388 e. The average Bonchev–Trinajstić information content (AvgIpc) is 2.39. The van der Waals surface area contributed by atoms with Crippen LogP contribution in [0, 0.1) is 6.92 Å². The highest BCUT2D eigenvalue weighted by molar-refractivity contribution is 7.89. The molecule has 0 heterocycles. The molecule has 2 N–H and O–H groups in total. The van der Waals surface area contributed by atoms with Gasteiger partial charge in [0.15, 0.2) is 0 Å². The van der Waals surface area contributed by atoms with Crippen molar-refractivity contribution in [2.75, 3.05) is 0 Å². The maximum absolute atomic E-state index is 12.4. The Balaban J connectivity index is 3.05. The first-order valence-corrected chi connectivity index (χ1v) is 8.27. The SMILES string of the molecule is C=CCC(O)(CC=C)[C@H](C)NS(=O)(=O)c1ccccc1C. The Hall–Kier alpha value is -1.43. The van der Waals surface area contributed by atoms with Gasteiger partial charge in [0.05, 0.1) is 10.5 Å². The molecule has 1 atom stereocenters. The van der Waals surface area contributed by atoms with Crippen LogP contribution >= 0.6 is 0 Å². The highest BCUT2D eigenvalue weighted by atomic mass is 32.2. The maximum Gasteiger partial charge on any atom is 0.241 e. The van der Waals surface area contributed by atoms with Gasteiger partial charge < -0.3 is 5.11 Å². The van der Waals surface area contributed by atoms with E-state index in [0.717, 1.165) is 0 Å². The van der Waals surface area contributed by atoms with Crippen molar-refractivity contribution in [1.82, 2.24) is 4.72 Å². The van der Waals surface area contributed by atoms with Crippen LogP contribution < -0.4 is 4.72 Å². The molecule has 1 aromatic carbocycles. The summed E-state index contributed by atoms with van der Waals surface area (Å²) in [6.45, 7) is 10.6. The molecular weight excluding hydrogens is 286 g/mol. The maximum atomic E-state index is 12.4. The van der Waals surface area contributed by atoms with Gasteiger partial charge in [0, 0.05) is 6.04 Å². The lowest BCUT2D eigenvalue weighted by atomic mass is 9.89. The molecule has 0 amide bonds. The van der Waals surface area contributed by atoms with Crippen LogP contribution in [-0.4, -0.2) is 25.2 Å². The second-order valence-corrected chi connectivity index (χ2v) is 6.88. The molecule has 0 radical (unpaired) electrons. The van der Waals surface area contributed by atoms with Crippen LogP contribution in [0.1, 0.15) is 25.3 Å². The lowest BCUT2D eigenvalue weighted by molar-refractivity contribution is 0.0200. The highest BCUT2D eigenvalue weighted by Crippen LogP contribution is 2.23. The van der Waals surface area contributed by atoms with E-state index in [1.165, 1.54) is 0 Å². The van der Waals surface area contributed by atoms with Crippen LogP contribution in [0.15, 0.2) is 54.5 Å². The van der Waals surface area contributed by atoms with Gasteiger partial charge in [0.2, 0.25) is 10.0 Å². The summed E-state index contributed by atoms with van der Waals surface area (Å²) in [4.78, 5) is 0.219. The zero-order valence-electron chi connectivity index (χ0n) is 12.5. The first-order chi connectivity index (χ1) is 9.77. The van der Waals surface area contributed by atoms with Gasteiger partial charge in [-0.25, -0.2) is 13.1 Å². The van der Waals surface area contributed by atoms with Gasteiger partial charge in [-0.3, -0.25) is 0 Å². The van der Waals surface area contributed by atoms with Gasteiger partial charge >= 0.3 is 0 Å². The fourth-order valence-electron chi connectivity index (χ4n) is 2.20. The normalized spacial score (nSPS) is 13.7. The minimum absolute atomic E-state index is 0.219. The highest BCUT2D eigenvalue weighted by Gasteiger charge is 2.34. The van der Waals surface area contributed by atoms with E-state index in [-0.39, 0.29) is 17.7 Å². The van der Waals surface area contributed by atoms with Gasteiger partial charge in [0.25, 0.3) is 0 Å². The molecule has 21 heavy (non-hydrogen) atoms. The molecule has 5 heteroatoms. The molecule has 0 aliphatic carbocycles. The van der Waals surface area contributed by atoms with Crippen molar-refractivity contribution in [3.63, 3.8) is 0 Å². The van der Waals surface area contributed by atoms with E-state index in [1.807, 2.05) is 0 Å². The largest absolute Gasteiger partial charge is 0.388 e. The van der Waals surface area contributed by atoms with E-state index in [2.05, 4.69) is 17.9 Å². The standard InChI is InChI=1S/C16H23NO3S/c1-5-11-16(18,12-6-2)14(4)17-21(19,20)15-10-8-7-9-13(15)3/h5-10,14,17-18H,1-2,11-12H2,3-4H3/t14-/m0/s1. The van der Waals surface area contributed by atoms with E-state index < -0.39 is 21.7 Å². The second-order valence-electron chi connectivity index (χ2n) is 5.20. The van der Waals surface area contributed by atoms with E-state index >= 15 is 0 Å². The lowest BCUT2D eigenvalue weighted by Crippen LogP contribution is -2.50. The summed E-state index contributed by atoms with van der Waals surface area (Å²) < 4.78 is 27.4. The first kappa shape index (κ1) is 17.6. The zero-order valence-corrected chi connectivity index (χ0v) is 13.4. The minimum atomic E-state index is -3.69. The fourth-order valence-corrected chi connectivity index (χ4v) is 3.76. The Morgan fingerprint density at radius 1 is 1.29 bits per heavy atom. The number of hydrogen-bond donors (Lipinski definition) is 2. The van der Waals surface area contributed by atoms with Gasteiger partial charge in [-0.1, -0.05) is 30.4 Å². The third-order valence-electron chi connectivity index (χ3n) is 3.52. The van der Waals surface area contributed by atoms with Crippen molar-refractivity contribution >= 4 is 10.0 Å². The Labute approximate surface area is 127 Å². The molecule has 0 fully saturated rings. The summed E-state index contributed by atoms with van der Waals surface area (Å²) in [6, 6.07) is 6.07. The number of aryl methyl sites for hydroxylation is 1. The van der Waals surface area contributed by atoms with Crippen LogP contribution in [0.2, 0.25) is 0 Å². The number of nitrogens with one attached hydrogen (secondary N) is 1. The third kappa shape index (κ3) is 4.27. The third-order valence-corrected chi connectivity index (χ3v) is 5.22. The average molecular weight is 309 g/mol. The molecule has 0 aliphatic heterocycles. The number of benzene rings is 1. The molecule has 4 nitrogen and oxygen atoms in total. The topological polar surface area (TPSA) is 66.4 Å². The molecule has 1 aromatic rings. The Kier molecular flexibility index (Phi) is 5.89. The molecular formula is C16H23NO3S. The Bertz CT molecular complexity index is 598. The van der Waals surface area contributed by atoms with Gasteiger partial charge in [-0.2, -0.15) is 0 Å². The number of hydrogen-bond acceptors (Lipinski definition) is 3. The first-order valence-electron chi connectivity index (χ1n) is 6.79. The number of aliphatic hydroxyl groups is 1. The second kappa shape index (κ2) is 7.02. The molecule has 0 spiro atoms. The van der Waals surface area contributed by atoms with E-state index in [4.69, 9.17) is 0 Å². The summed E-state index contributed by atoms with van der Waals surface area (Å²) >= 11 is 0. The molecule has 0 saturated carbocycles. The number of rotatable bonds is 8. The van der Waals surface area contributed by atoms with Gasteiger partial charge in [-0.15, -0.1) is 13.2 Å². The van der Waals surface area contributed by atoms with Crippen molar-refractivity contribution in [2.24, 2.45) is 0 Å². The van der Waals surface area contributed by atoms with Gasteiger partial charge in [-0.05, 0) is 38.3 Å². The predicted octanol–water partition coefficient (Wildman–Crippen LogP) is 2.55. The predicted molar refractivity (Wildman–Crippen MR) is 85.5 cm³/mol. The Morgan fingerprint density at radius 3 is 2.29 bits per heavy atom. The van der Waals surface area contributed by atoms with Crippen molar-refractivity contribution in [3.05, 3.63) is 55.1 Å². The molecule has 1 rings (SSSR count). The number of sulfonamides is 1. The fraction of sp³-hybridized carbons (Fsp3) is 0.375. The van der Waals surface area contributed by atoms with Crippen LogP contribution in [0.3, 0.4) is 0 Å². The van der Waals surface area contributed by atoms with E-state index in [1.54, 1.807) is 50.3 Å². The molecule has 0 aliphatic rings. The van der Waals surface area contributed by atoms with Gasteiger partial charge in [0.1, 0.15) is 0 Å². The lowest BCUT2D eigenvalue weighted by Gasteiger charge is -2.33. The van der Waals surface area contributed by atoms with Crippen molar-refractivity contribution in [1.29, 1.82) is 0 Å². The van der Waals surface area contributed by atoms with Crippen molar-refractivity contribution in [2.45, 2.75) is 43.2 Å². The quantitative estimate of drug-likeness (QED) is 0.725. The van der Waals surface area contributed by atoms with Crippen LogP contribution in [0.5, 0.6) is 0 Å². The van der Waals surface area contributed by atoms with Crippen molar-refractivity contribution < 1.29 is 13.5 Å². The summed E-state index contributed by atoms with van der Waals surface area (Å²) in [5.74, 6) is 0. The van der Waals surface area contributed by atoms with Crippen molar-refractivity contribution in [3.8, 4) is 0 Å².